The number of rotatable bonds is 5. The third kappa shape index (κ3) is 4.69. The molecule has 1 heterocycles. The summed E-state index contributed by atoms with van der Waals surface area (Å²) in [5, 5.41) is 45.5. The molecule has 0 aliphatic heterocycles. The van der Waals surface area contributed by atoms with E-state index in [1.165, 1.54) is 55.0 Å². The second-order valence-corrected chi connectivity index (χ2v) is 13.2. The fourth-order valence-electron chi connectivity index (χ4n) is 6.51. The molecule has 1 aromatic carbocycles. The Balaban J connectivity index is 0.00000207. The number of hydrogen-bond acceptors (Lipinski definition) is 11. The summed E-state index contributed by atoms with van der Waals surface area (Å²) in [6.07, 6.45) is 2.49. The average Bonchev–Trinajstić information content (AvgIpc) is 2.92. The number of pyridine rings is 1. The fraction of sp³-hybridized carbons (Fsp3) is 0.357. The Labute approximate surface area is 258 Å². The van der Waals surface area contributed by atoms with Crippen LogP contribution in [0.1, 0.15) is 23.1 Å². The number of aromatic hydroxyl groups is 1. The van der Waals surface area contributed by atoms with Crippen molar-refractivity contribution in [3.63, 3.8) is 0 Å². The molecule has 14 heteroatoms. The number of fused-ring (bicyclic) bond motifs is 3. The summed E-state index contributed by atoms with van der Waals surface area (Å²) in [5.41, 5.74) is 2.38. The zero-order chi connectivity index (χ0) is 32.2. The van der Waals surface area contributed by atoms with Gasteiger partial charge in [-0.3, -0.25) is 24.3 Å². The Bertz CT molecular complexity index is 1710. The molecule has 0 saturated heterocycles. The molecule has 3 aliphatic rings. The number of hydrogen-bond donors (Lipinski definition) is 5. The van der Waals surface area contributed by atoms with Crippen molar-refractivity contribution in [2.24, 2.45) is 17.6 Å². The predicted octanol–water partition coefficient (Wildman–Crippen LogP) is 1.19. The van der Waals surface area contributed by atoms with Crippen molar-refractivity contribution in [1.82, 2.24) is 9.88 Å². The van der Waals surface area contributed by atoms with Gasteiger partial charge in [0.2, 0.25) is 5.78 Å². The monoisotopic (exact) mass is 713 g/mol. The van der Waals surface area contributed by atoms with Gasteiger partial charge in [-0.1, -0.05) is 6.07 Å². The number of likely N-dealkylation sites (N-methyl/N-ethyl adjacent to an activating group) is 1. The van der Waals surface area contributed by atoms with Crippen LogP contribution in [0.25, 0.3) is 17.0 Å². The van der Waals surface area contributed by atoms with E-state index in [-0.39, 0.29) is 29.5 Å². The van der Waals surface area contributed by atoms with Gasteiger partial charge in [0.05, 0.1) is 23.1 Å². The van der Waals surface area contributed by atoms with E-state index in [1.807, 2.05) is 0 Å². The number of halogens is 1. The van der Waals surface area contributed by atoms with Crippen molar-refractivity contribution >= 4 is 56.8 Å². The largest absolute Gasteiger partial charge is 0.508 e. The highest BCUT2D eigenvalue weighted by Gasteiger charge is 2.64. The van der Waals surface area contributed by atoms with Gasteiger partial charge >= 0.3 is 0 Å². The van der Waals surface area contributed by atoms with Crippen molar-refractivity contribution in [3.8, 4) is 17.0 Å². The van der Waals surface area contributed by atoms with E-state index in [0.29, 0.717) is 16.8 Å². The molecule has 0 bridgehead atoms. The number of phenols is 1. The van der Waals surface area contributed by atoms with Crippen molar-refractivity contribution in [1.29, 1.82) is 0.594 Å². The van der Waals surface area contributed by atoms with Gasteiger partial charge in [0, 0.05) is 35.1 Å². The van der Waals surface area contributed by atoms with Crippen LogP contribution in [0.15, 0.2) is 47.4 Å². The van der Waals surface area contributed by atoms with E-state index in [0.717, 1.165) is 6.26 Å². The summed E-state index contributed by atoms with van der Waals surface area (Å²) in [6, 6.07) is 5.36. The zero-order valence-corrected chi connectivity index (χ0v) is 25.8. The Morgan fingerprint density at radius 3 is 2.45 bits per heavy atom. The fourth-order valence-corrected chi connectivity index (χ4v) is 7.30. The second kappa shape index (κ2) is 10.7. The van der Waals surface area contributed by atoms with Gasteiger partial charge in [-0.15, -0.1) is 23.8 Å². The Morgan fingerprint density at radius 2 is 1.90 bits per heavy atom. The van der Waals surface area contributed by atoms with Gasteiger partial charge in [0.25, 0.3) is 5.91 Å². The molecule has 1 amide bonds. The van der Waals surface area contributed by atoms with Crippen molar-refractivity contribution in [3.05, 3.63) is 64.1 Å². The highest BCUT2D eigenvalue weighted by molar-refractivity contribution is 14.0. The first-order valence-corrected chi connectivity index (χ1v) is 14.8. The maximum Gasteiger partial charge on any atom is 0.255 e. The smallest absolute Gasteiger partial charge is 0.255 e. The SMILES string of the molecule is CN(C)[C@@H]1C(=O)C(C(N)=O)=C(O)[C@@]2(O)C(=O)C3=C(O)c4c(O)c(CS(C)(=O)=O)cc(-c5ccccn5)c4C[C@H]3C[C@@H]12.[3H]I. The molecule has 42 heavy (non-hydrogen) atoms. The third-order valence-corrected chi connectivity index (χ3v) is 8.99. The molecule has 2 aromatic rings. The molecule has 1 fully saturated rings. The van der Waals surface area contributed by atoms with E-state index in [1.54, 1.807) is 18.2 Å². The van der Waals surface area contributed by atoms with E-state index in [9.17, 15) is 43.2 Å². The molecule has 1 saturated carbocycles. The van der Waals surface area contributed by atoms with Crippen molar-refractivity contribution < 1.29 is 43.2 Å². The summed E-state index contributed by atoms with van der Waals surface area (Å²) in [6.45, 7) is 0. The molecular formula is C28H30IN3O9S. The normalized spacial score (nSPS) is 25.7. The summed E-state index contributed by atoms with van der Waals surface area (Å²) in [5.74, 6) is -8.31. The summed E-state index contributed by atoms with van der Waals surface area (Å²) >= 11 is 1.40. The number of sulfone groups is 1. The number of amides is 1. The molecule has 4 atom stereocenters. The van der Waals surface area contributed by atoms with Crippen molar-refractivity contribution in [2.45, 2.75) is 30.2 Å². The Morgan fingerprint density at radius 1 is 1.24 bits per heavy atom. The van der Waals surface area contributed by atoms with Gasteiger partial charge < -0.3 is 26.2 Å². The number of primary amides is 1. The number of aliphatic hydroxyl groups is 3. The van der Waals surface area contributed by atoms with E-state index in [4.69, 9.17) is 6.33 Å². The van der Waals surface area contributed by atoms with Crippen LogP contribution in [0.2, 0.25) is 0 Å². The maximum atomic E-state index is 14.0. The van der Waals surface area contributed by atoms with Crippen LogP contribution in [-0.4, -0.2) is 88.8 Å². The number of carbonyl (C=O) groups is 3. The molecule has 1 aromatic heterocycles. The van der Waals surface area contributed by atoms with E-state index < -0.39 is 79.4 Å². The molecule has 224 valence electrons. The van der Waals surface area contributed by atoms with Crippen LogP contribution in [-0.2, 0) is 36.4 Å². The number of benzene rings is 1. The standard InChI is InChI=1S/C28H29N3O9S.HI/c1-31(2)21-16-10-12-8-15-14(17-6-4-5-7-30-17)9-13(11-41(3,39)40)22(32)19(15)23(33)18(12)25(35)28(16,38)26(36)20(24(21)34)27(29)37;/h4-7,9,12,16,21,32-33,36,38H,8,10-11H2,1-3H3,(H2,29,37);1H/t12-,16-,21-,28-;/m0./s1/i/hT. The van der Waals surface area contributed by atoms with Gasteiger partial charge in [-0.05, 0) is 56.6 Å². The highest BCUT2D eigenvalue weighted by Crippen LogP contribution is 2.54. The van der Waals surface area contributed by atoms with Crippen LogP contribution in [0, 0.1) is 11.8 Å². The molecular weight excluding hydrogens is 681 g/mol. The lowest BCUT2D eigenvalue weighted by Gasteiger charge is -2.50. The molecule has 12 nitrogen and oxygen atoms in total. The molecule has 6 N–H and O–H groups in total. The summed E-state index contributed by atoms with van der Waals surface area (Å²) in [7, 11) is -0.604. The predicted molar refractivity (Wildman–Crippen MR) is 161 cm³/mol. The number of ketones is 2. The van der Waals surface area contributed by atoms with E-state index in [2.05, 4.69) is 4.98 Å². The molecule has 0 radical (unpaired) electrons. The third-order valence-electron chi connectivity index (χ3n) is 8.16. The number of nitrogens with zero attached hydrogens (tertiary/aromatic N) is 2. The number of phenolic OH excluding ortho intramolecular Hbond substituents is 1. The number of aliphatic hydroxyl groups excluding tert-OH is 2. The minimum atomic E-state index is -3.65. The van der Waals surface area contributed by atoms with Gasteiger partial charge in [0.1, 0.15) is 23.4 Å². The highest BCUT2D eigenvalue weighted by atomic mass is 127. The Kier molecular flexibility index (Phi) is 7.70. The lowest BCUT2D eigenvalue weighted by atomic mass is 9.57. The Hall–Kier alpha value is -3.34. The van der Waals surface area contributed by atoms with Crippen LogP contribution < -0.4 is 5.73 Å². The lowest BCUT2D eigenvalue weighted by molar-refractivity contribution is -0.153. The first-order valence-electron chi connectivity index (χ1n) is 13.1. The number of Topliss-reactive ketones (excluding diaryl/α,β-unsaturated/α-hetero) is 2. The lowest BCUT2D eigenvalue weighted by Crippen LogP contribution is -2.65. The second-order valence-electron chi connectivity index (χ2n) is 11.0. The van der Waals surface area contributed by atoms with Gasteiger partial charge in [-0.25, -0.2) is 8.42 Å². The van der Waals surface area contributed by atoms with Crippen LogP contribution >= 0.6 is 23.8 Å². The van der Waals surface area contributed by atoms with Gasteiger partial charge in [0.15, 0.2) is 21.2 Å². The maximum absolute atomic E-state index is 14.0. The average molecular weight is 714 g/mol. The van der Waals surface area contributed by atoms with Crippen LogP contribution in [0.4, 0.5) is 0 Å². The summed E-state index contributed by atoms with van der Waals surface area (Å²) < 4.78 is 30.1. The first-order chi connectivity index (χ1) is 20.1. The zero-order valence-electron chi connectivity index (χ0n) is 23.8. The molecule has 3 aliphatic carbocycles. The minimum absolute atomic E-state index is 0.0351. The number of aromatic nitrogens is 1. The molecule has 0 unspecified atom stereocenters. The summed E-state index contributed by atoms with van der Waals surface area (Å²) in [4.78, 5) is 45.2. The minimum Gasteiger partial charge on any atom is -0.508 e. The quantitative estimate of drug-likeness (QED) is 0.220. The topological polar surface area (TPSA) is 208 Å². The van der Waals surface area contributed by atoms with Gasteiger partial charge in [-0.2, -0.15) is 0 Å². The molecule has 0 spiro atoms. The van der Waals surface area contributed by atoms with Crippen LogP contribution in [0.3, 0.4) is 0 Å². The first kappa shape index (κ1) is 30.1. The van der Waals surface area contributed by atoms with Crippen LogP contribution in [0.5, 0.6) is 5.75 Å². The molecule has 5 rings (SSSR count). The van der Waals surface area contributed by atoms with E-state index >= 15 is 0 Å². The van der Waals surface area contributed by atoms with Crippen molar-refractivity contribution in [2.75, 3.05) is 20.4 Å². The number of carbonyl (C=O) groups excluding carboxylic acids is 3. The number of nitrogens with two attached hydrogens (primary N) is 1.